The maximum Gasteiger partial charge on any atom is 0.0564 e. The summed E-state index contributed by atoms with van der Waals surface area (Å²) in [6.45, 7) is 3.74. The Hall–Kier alpha value is -1.78. The molecule has 2 aromatic rings. The molecule has 0 aliphatic carbocycles. The Kier molecular flexibility index (Phi) is 4.58. The summed E-state index contributed by atoms with van der Waals surface area (Å²) in [6, 6.07) is 10.6. The third-order valence-corrected chi connectivity index (χ3v) is 4.11. The number of hydrogen-bond donors (Lipinski definition) is 3. The van der Waals surface area contributed by atoms with Crippen LogP contribution in [-0.4, -0.2) is 34.2 Å². The second kappa shape index (κ2) is 6.78. The maximum absolute atomic E-state index is 9.60. The molecule has 0 saturated carbocycles. The first-order valence-corrected chi connectivity index (χ1v) is 7.65. The van der Waals surface area contributed by atoms with Crippen molar-refractivity contribution in [3.8, 4) is 0 Å². The zero-order valence-corrected chi connectivity index (χ0v) is 12.3. The molecule has 3 N–H and O–H groups in total. The smallest absolute Gasteiger partial charge is 0.0564 e. The Labute approximate surface area is 125 Å². The van der Waals surface area contributed by atoms with Gasteiger partial charge in [-0.3, -0.25) is 4.90 Å². The molecule has 112 valence electrons. The maximum atomic E-state index is 9.60. The van der Waals surface area contributed by atoms with Gasteiger partial charge in [-0.15, -0.1) is 0 Å². The monoisotopic (exact) mass is 285 g/mol. The van der Waals surface area contributed by atoms with Gasteiger partial charge in [0.05, 0.1) is 6.10 Å². The number of piperidine rings is 1. The van der Waals surface area contributed by atoms with E-state index in [1.807, 2.05) is 12.4 Å². The average Bonchev–Trinajstić information content (AvgIpc) is 3.02. The number of nitrogens with zero attached hydrogens (tertiary/aromatic N) is 1. The van der Waals surface area contributed by atoms with E-state index < -0.39 is 0 Å². The normalized spacial score (nSPS) is 17.0. The highest BCUT2D eigenvalue weighted by atomic mass is 16.3. The van der Waals surface area contributed by atoms with Crippen molar-refractivity contribution in [2.75, 3.05) is 18.4 Å². The van der Waals surface area contributed by atoms with Crippen LogP contribution < -0.4 is 5.32 Å². The second-order valence-electron chi connectivity index (χ2n) is 5.74. The minimum atomic E-state index is -0.108. The van der Waals surface area contributed by atoms with Crippen LogP contribution in [0.25, 0.3) is 0 Å². The zero-order chi connectivity index (χ0) is 14.5. The standard InChI is InChI=1S/C17H23N3O/c21-16-6-9-20(10-7-16)13-15-3-1-2-4-17(15)19-12-14-5-8-18-11-14/h1-5,8,11,16,18-19,21H,6-7,9-10,12-13H2. The number of para-hydroxylation sites is 1. The molecule has 4 heteroatoms. The number of rotatable bonds is 5. The number of aliphatic hydroxyl groups is 1. The first-order chi connectivity index (χ1) is 10.3. The third kappa shape index (κ3) is 3.86. The molecule has 3 rings (SSSR count). The molecule has 0 radical (unpaired) electrons. The van der Waals surface area contributed by atoms with Crippen molar-refractivity contribution in [3.05, 3.63) is 53.9 Å². The summed E-state index contributed by atoms with van der Waals surface area (Å²) in [5.74, 6) is 0. The lowest BCUT2D eigenvalue weighted by Gasteiger charge is -2.30. The van der Waals surface area contributed by atoms with Crippen LogP contribution in [-0.2, 0) is 13.1 Å². The predicted molar refractivity (Wildman–Crippen MR) is 85.1 cm³/mol. The van der Waals surface area contributed by atoms with E-state index in [4.69, 9.17) is 0 Å². The fraction of sp³-hybridized carbons (Fsp3) is 0.412. The Morgan fingerprint density at radius 1 is 1.19 bits per heavy atom. The highest BCUT2D eigenvalue weighted by Gasteiger charge is 2.17. The van der Waals surface area contributed by atoms with Crippen LogP contribution in [0.3, 0.4) is 0 Å². The van der Waals surface area contributed by atoms with E-state index >= 15 is 0 Å². The number of anilines is 1. The van der Waals surface area contributed by atoms with Gasteiger partial charge in [0.1, 0.15) is 0 Å². The van der Waals surface area contributed by atoms with Gasteiger partial charge < -0.3 is 15.4 Å². The van der Waals surface area contributed by atoms with Gasteiger partial charge >= 0.3 is 0 Å². The molecule has 4 nitrogen and oxygen atoms in total. The molecule has 1 aliphatic heterocycles. The van der Waals surface area contributed by atoms with E-state index in [0.29, 0.717) is 0 Å². The minimum Gasteiger partial charge on any atom is -0.393 e. The van der Waals surface area contributed by atoms with Gasteiger partial charge in [-0.2, -0.15) is 0 Å². The van der Waals surface area contributed by atoms with E-state index in [1.165, 1.54) is 16.8 Å². The predicted octanol–water partition coefficient (Wildman–Crippen LogP) is 2.58. The van der Waals surface area contributed by atoms with Crippen LogP contribution in [0, 0.1) is 0 Å². The van der Waals surface area contributed by atoms with Crippen molar-refractivity contribution in [3.63, 3.8) is 0 Å². The highest BCUT2D eigenvalue weighted by molar-refractivity contribution is 5.51. The van der Waals surface area contributed by atoms with Gasteiger partial charge in [0.25, 0.3) is 0 Å². The number of aromatic amines is 1. The van der Waals surface area contributed by atoms with Crippen molar-refractivity contribution in [2.45, 2.75) is 32.0 Å². The molecule has 21 heavy (non-hydrogen) atoms. The molecule has 1 fully saturated rings. The zero-order valence-electron chi connectivity index (χ0n) is 12.3. The summed E-state index contributed by atoms with van der Waals surface area (Å²) in [6.07, 6.45) is 5.63. The lowest BCUT2D eigenvalue weighted by Crippen LogP contribution is -2.35. The summed E-state index contributed by atoms with van der Waals surface area (Å²) in [5.41, 5.74) is 3.78. The fourth-order valence-electron chi connectivity index (χ4n) is 2.81. The molecule has 1 aliphatic rings. The van der Waals surface area contributed by atoms with E-state index in [0.717, 1.165) is 39.0 Å². The van der Waals surface area contributed by atoms with Gasteiger partial charge in [-0.05, 0) is 36.1 Å². The number of hydrogen-bond acceptors (Lipinski definition) is 3. The molecule has 1 aromatic carbocycles. The van der Waals surface area contributed by atoms with E-state index in [1.54, 1.807) is 0 Å². The molecule has 0 atom stereocenters. The Balaban J connectivity index is 1.62. The molecular weight excluding hydrogens is 262 g/mol. The number of benzene rings is 1. The van der Waals surface area contributed by atoms with Crippen molar-refractivity contribution < 1.29 is 5.11 Å². The number of H-pyrrole nitrogens is 1. The Bertz CT molecular complexity index is 545. The highest BCUT2D eigenvalue weighted by Crippen LogP contribution is 2.20. The quantitative estimate of drug-likeness (QED) is 0.791. The number of likely N-dealkylation sites (tertiary alicyclic amines) is 1. The topological polar surface area (TPSA) is 51.3 Å². The molecule has 0 unspecified atom stereocenters. The lowest BCUT2D eigenvalue weighted by molar-refractivity contribution is 0.0793. The van der Waals surface area contributed by atoms with Crippen LogP contribution in [0.1, 0.15) is 24.0 Å². The van der Waals surface area contributed by atoms with Crippen molar-refractivity contribution in [1.82, 2.24) is 9.88 Å². The summed E-state index contributed by atoms with van der Waals surface area (Å²) in [7, 11) is 0. The molecule has 0 bridgehead atoms. The summed E-state index contributed by atoms with van der Waals surface area (Å²) in [5, 5.41) is 13.1. The van der Waals surface area contributed by atoms with Gasteiger partial charge in [0.15, 0.2) is 0 Å². The van der Waals surface area contributed by atoms with Gasteiger partial charge in [-0.25, -0.2) is 0 Å². The Morgan fingerprint density at radius 3 is 2.76 bits per heavy atom. The fourth-order valence-corrected chi connectivity index (χ4v) is 2.81. The largest absolute Gasteiger partial charge is 0.393 e. The van der Waals surface area contributed by atoms with Crippen LogP contribution in [0.5, 0.6) is 0 Å². The second-order valence-corrected chi connectivity index (χ2v) is 5.74. The summed E-state index contributed by atoms with van der Waals surface area (Å²) < 4.78 is 0. The average molecular weight is 285 g/mol. The lowest BCUT2D eigenvalue weighted by atomic mass is 10.1. The van der Waals surface area contributed by atoms with Gasteiger partial charge in [0, 0.05) is 44.3 Å². The van der Waals surface area contributed by atoms with Gasteiger partial charge in [0.2, 0.25) is 0 Å². The summed E-state index contributed by atoms with van der Waals surface area (Å²) in [4.78, 5) is 5.50. The van der Waals surface area contributed by atoms with Gasteiger partial charge in [-0.1, -0.05) is 18.2 Å². The van der Waals surface area contributed by atoms with Crippen molar-refractivity contribution >= 4 is 5.69 Å². The minimum absolute atomic E-state index is 0.108. The van der Waals surface area contributed by atoms with Crippen LogP contribution in [0.4, 0.5) is 5.69 Å². The van der Waals surface area contributed by atoms with Crippen molar-refractivity contribution in [1.29, 1.82) is 0 Å². The van der Waals surface area contributed by atoms with E-state index in [-0.39, 0.29) is 6.10 Å². The van der Waals surface area contributed by atoms with Crippen LogP contribution >= 0.6 is 0 Å². The molecule has 1 aromatic heterocycles. The van der Waals surface area contributed by atoms with Crippen LogP contribution in [0.15, 0.2) is 42.7 Å². The third-order valence-electron chi connectivity index (χ3n) is 4.11. The molecule has 1 saturated heterocycles. The number of aromatic nitrogens is 1. The molecular formula is C17H23N3O. The van der Waals surface area contributed by atoms with E-state index in [9.17, 15) is 5.11 Å². The number of nitrogens with one attached hydrogen (secondary N) is 2. The molecule has 2 heterocycles. The SMILES string of the molecule is OC1CCN(Cc2ccccc2NCc2cc[nH]c2)CC1. The Morgan fingerprint density at radius 2 is 2.00 bits per heavy atom. The summed E-state index contributed by atoms with van der Waals surface area (Å²) >= 11 is 0. The first kappa shape index (κ1) is 14.2. The molecule has 0 amide bonds. The first-order valence-electron chi connectivity index (χ1n) is 7.65. The number of aliphatic hydroxyl groups excluding tert-OH is 1. The molecule has 0 spiro atoms. The van der Waals surface area contributed by atoms with E-state index in [2.05, 4.69) is 45.5 Å². The van der Waals surface area contributed by atoms with Crippen LogP contribution in [0.2, 0.25) is 0 Å². The van der Waals surface area contributed by atoms with Crippen molar-refractivity contribution in [2.24, 2.45) is 0 Å².